The Morgan fingerprint density at radius 2 is 1.86 bits per heavy atom. The Morgan fingerprint density at radius 1 is 1.11 bits per heavy atom. The first-order valence-corrected chi connectivity index (χ1v) is 9.91. The molecule has 3 heterocycles. The van der Waals surface area contributed by atoms with Crippen LogP contribution < -0.4 is 4.74 Å². The Labute approximate surface area is 165 Å². The van der Waals surface area contributed by atoms with Crippen molar-refractivity contribution in [3.05, 3.63) is 53.0 Å². The Balaban J connectivity index is 1.30. The first-order chi connectivity index (χ1) is 13.6. The van der Waals surface area contributed by atoms with Crippen LogP contribution in [0.4, 0.5) is 0 Å². The molecule has 1 aromatic heterocycles. The van der Waals surface area contributed by atoms with Crippen molar-refractivity contribution < 1.29 is 23.4 Å². The number of furan rings is 1. The van der Waals surface area contributed by atoms with Gasteiger partial charge in [0.15, 0.2) is 12.1 Å². The summed E-state index contributed by atoms with van der Waals surface area (Å²) in [5.41, 5.74) is 2.28. The maximum Gasteiger partial charge on any atom is 0.289 e. The number of likely N-dealkylation sites (tertiary alicyclic amines) is 1. The third kappa shape index (κ3) is 4.23. The minimum Gasteiger partial charge on any atom is -0.485 e. The van der Waals surface area contributed by atoms with Gasteiger partial charge in [0.25, 0.3) is 5.91 Å². The van der Waals surface area contributed by atoms with Gasteiger partial charge in [0.2, 0.25) is 0 Å². The number of ether oxygens (including phenoxy) is 3. The topological polar surface area (TPSA) is 61.1 Å². The zero-order valence-electron chi connectivity index (χ0n) is 16.5. The van der Waals surface area contributed by atoms with E-state index in [4.69, 9.17) is 18.6 Å². The highest BCUT2D eigenvalue weighted by Gasteiger charge is 2.32. The lowest BCUT2D eigenvalue weighted by molar-refractivity contribution is -0.0956. The molecule has 0 atom stereocenters. The van der Waals surface area contributed by atoms with Gasteiger partial charge < -0.3 is 23.5 Å². The summed E-state index contributed by atoms with van der Waals surface area (Å²) in [6, 6.07) is 9.60. The third-order valence-corrected chi connectivity index (χ3v) is 5.43. The average molecular weight is 385 g/mol. The fourth-order valence-electron chi connectivity index (χ4n) is 3.86. The maximum atomic E-state index is 12.7. The molecule has 28 heavy (non-hydrogen) atoms. The van der Waals surface area contributed by atoms with E-state index < -0.39 is 0 Å². The van der Waals surface area contributed by atoms with Crippen LogP contribution in [0.25, 0.3) is 0 Å². The Hall–Kier alpha value is -2.31. The molecule has 0 N–H and O–H groups in total. The van der Waals surface area contributed by atoms with Gasteiger partial charge in [-0.05, 0) is 50.5 Å². The van der Waals surface area contributed by atoms with E-state index in [-0.39, 0.29) is 12.2 Å². The fraction of sp³-hybridized carbons (Fsp3) is 0.500. The van der Waals surface area contributed by atoms with Crippen LogP contribution in [-0.2, 0) is 16.1 Å². The van der Waals surface area contributed by atoms with Gasteiger partial charge in [-0.1, -0.05) is 17.7 Å². The van der Waals surface area contributed by atoms with Crippen LogP contribution in [0.15, 0.2) is 34.7 Å². The molecule has 6 heteroatoms. The number of carbonyl (C=O) groups is 1. The average Bonchev–Trinajstić information content (AvgIpc) is 3.39. The molecule has 6 nitrogen and oxygen atoms in total. The molecule has 2 aliphatic heterocycles. The van der Waals surface area contributed by atoms with Gasteiger partial charge in [0.1, 0.15) is 18.1 Å². The lowest BCUT2D eigenvalue weighted by Crippen LogP contribution is -2.41. The number of amides is 1. The number of carbonyl (C=O) groups excluding carboxylic acids is 1. The normalized spacial score (nSPS) is 18.6. The second-order valence-corrected chi connectivity index (χ2v) is 7.56. The molecule has 2 aromatic rings. The van der Waals surface area contributed by atoms with Crippen LogP contribution in [0.1, 0.15) is 40.3 Å². The molecule has 0 saturated carbocycles. The van der Waals surface area contributed by atoms with Crippen molar-refractivity contribution in [2.45, 2.75) is 39.6 Å². The van der Waals surface area contributed by atoms with Crippen molar-refractivity contribution in [2.75, 3.05) is 26.3 Å². The van der Waals surface area contributed by atoms with E-state index in [1.54, 1.807) is 6.07 Å². The first kappa shape index (κ1) is 19.0. The zero-order valence-corrected chi connectivity index (χ0v) is 16.5. The predicted octanol–water partition coefficient (Wildman–Crippen LogP) is 3.70. The van der Waals surface area contributed by atoms with E-state index in [0.29, 0.717) is 50.3 Å². The van der Waals surface area contributed by atoms with Crippen LogP contribution in [0.5, 0.6) is 5.75 Å². The largest absolute Gasteiger partial charge is 0.485 e. The second-order valence-electron chi connectivity index (χ2n) is 7.56. The molecule has 4 rings (SSSR count). The van der Waals surface area contributed by atoms with Crippen LogP contribution >= 0.6 is 0 Å². The highest BCUT2D eigenvalue weighted by molar-refractivity contribution is 5.91. The molecule has 0 radical (unpaired) electrons. The summed E-state index contributed by atoms with van der Waals surface area (Å²) in [4.78, 5) is 14.6. The molecular weight excluding hydrogens is 358 g/mol. The van der Waals surface area contributed by atoms with Crippen LogP contribution in [0.3, 0.4) is 0 Å². The molecule has 1 amide bonds. The molecule has 0 bridgehead atoms. The van der Waals surface area contributed by atoms with Crippen LogP contribution in [0.2, 0.25) is 0 Å². The molecule has 1 aromatic carbocycles. The van der Waals surface area contributed by atoms with E-state index in [1.807, 2.05) is 30.0 Å². The number of nitrogens with zero attached hydrogens (tertiary/aromatic N) is 1. The van der Waals surface area contributed by atoms with Gasteiger partial charge in [-0.2, -0.15) is 0 Å². The Kier molecular flexibility index (Phi) is 5.69. The van der Waals surface area contributed by atoms with Crippen molar-refractivity contribution >= 4 is 5.91 Å². The minimum atomic E-state index is -0.102. The molecule has 2 fully saturated rings. The number of benzene rings is 1. The number of aryl methyl sites for hydroxylation is 2. The Bertz CT molecular complexity index is 816. The monoisotopic (exact) mass is 385 g/mol. The summed E-state index contributed by atoms with van der Waals surface area (Å²) < 4.78 is 22.8. The molecule has 0 aliphatic carbocycles. The fourth-order valence-corrected chi connectivity index (χ4v) is 3.86. The van der Waals surface area contributed by atoms with Gasteiger partial charge in [0, 0.05) is 19.0 Å². The molecule has 2 saturated heterocycles. The summed E-state index contributed by atoms with van der Waals surface area (Å²) in [7, 11) is 0. The van der Waals surface area contributed by atoms with Gasteiger partial charge in [-0.25, -0.2) is 0 Å². The van der Waals surface area contributed by atoms with Crippen molar-refractivity contribution in [1.29, 1.82) is 0 Å². The lowest BCUT2D eigenvalue weighted by Gasteiger charge is -2.33. The second kappa shape index (κ2) is 8.37. The summed E-state index contributed by atoms with van der Waals surface area (Å²) in [5.74, 6) is 2.14. The van der Waals surface area contributed by atoms with Crippen LogP contribution in [-0.4, -0.2) is 43.4 Å². The van der Waals surface area contributed by atoms with Crippen molar-refractivity contribution in [1.82, 2.24) is 4.90 Å². The van der Waals surface area contributed by atoms with E-state index in [0.717, 1.165) is 24.2 Å². The molecule has 0 unspecified atom stereocenters. The molecular formula is C22H27NO5. The zero-order chi connectivity index (χ0) is 19.5. The lowest BCUT2D eigenvalue weighted by atomic mass is 9.96. The third-order valence-electron chi connectivity index (χ3n) is 5.43. The predicted molar refractivity (Wildman–Crippen MR) is 103 cm³/mol. The van der Waals surface area contributed by atoms with Gasteiger partial charge in [-0.3, -0.25) is 4.79 Å². The Morgan fingerprint density at radius 3 is 2.57 bits per heavy atom. The number of hydrogen-bond donors (Lipinski definition) is 0. The van der Waals surface area contributed by atoms with Crippen molar-refractivity contribution in [3.8, 4) is 5.75 Å². The summed E-state index contributed by atoms with van der Waals surface area (Å²) in [5, 5.41) is 0. The van der Waals surface area contributed by atoms with E-state index >= 15 is 0 Å². The number of piperidine rings is 1. The van der Waals surface area contributed by atoms with Gasteiger partial charge in [-0.15, -0.1) is 0 Å². The van der Waals surface area contributed by atoms with E-state index in [2.05, 4.69) is 13.0 Å². The minimum absolute atomic E-state index is 0.0653. The summed E-state index contributed by atoms with van der Waals surface area (Å²) >= 11 is 0. The first-order valence-electron chi connectivity index (χ1n) is 9.91. The van der Waals surface area contributed by atoms with Crippen molar-refractivity contribution in [2.24, 2.45) is 5.92 Å². The van der Waals surface area contributed by atoms with E-state index in [1.165, 1.54) is 5.56 Å². The van der Waals surface area contributed by atoms with Crippen molar-refractivity contribution in [3.63, 3.8) is 0 Å². The highest BCUT2D eigenvalue weighted by Crippen LogP contribution is 2.27. The molecule has 150 valence electrons. The van der Waals surface area contributed by atoms with Gasteiger partial charge >= 0.3 is 0 Å². The smallest absolute Gasteiger partial charge is 0.289 e. The number of hydrogen-bond acceptors (Lipinski definition) is 5. The quantitative estimate of drug-likeness (QED) is 0.785. The highest BCUT2D eigenvalue weighted by atomic mass is 16.7. The molecule has 2 aliphatic rings. The van der Waals surface area contributed by atoms with E-state index in [9.17, 15) is 4.79 Å². The SMILES string of the molecule is Cc1ccc(OCc2ccc(C(=O)N3CCC(C4OCCO4)CC3)o2)c(C)c1. The maximum absolute atomic E-state index is 12.7. The standard InChI is InChI=1S/C22H27NO5/c1-15-3-5-19(16(2)13-15)27-14-18-4-6-20(28-18)21(24)23-9-7-17(8-10-23)22-25-11-12-26-22/h3-6,13,17,22H,7-12,14H2,1-2H3. The summed E-state index contributed by atoms with van der Waals surface area (Å²) in [6.07, 6.45) is 1.68. The van der Waals surface area contributed by atoms with Crippen LogP contribution in [0, 0.1) is 19.8 Å². The van der Waals surface area contributed by atoms with Gasteiger partial charge in [0.05, 0.1) is 13.2 Å². The summed E-state index contributed by atoms with van der Waals surface area (Å²) in [6.45, 7) is 7.11. The number of rotatable bonds is 5. The molecule has 0 spiro atoms.